The Hall–Kier alpha value is -1.46. The van der Waals surface area contributed by atoms with Crippen LogP contribution in [0.5, 0.6) is 17.2 Å². The molecule has 5 nitrogen and oxygen atoms in total. The van der Waals surface area contributed by atoms with Gasteiger partial charge in [0.1, 0.15) is 0 Å². The van der Waals surface area contributed by atoms with Gasteiger partial charge in [0.25, 0.3) is 0 Å². The molecule has 0 unspecified atom stereocenters. The number of phenolic OH excluding ortho intramolecular Hbond substituents is 2. The lowest BCUT2D eigenvalue weighted by Crippen LogP contribution is -2.12. The van der Waals surface area contributed by atoms with Gasteiger partial charge in [0.2, 0.25) is 5.75 Å². The highest BCUT2D eigenvalue weighted by atomic mass is 16.5. The molecule has 0 spiro atoms. The van der Waals surface area contributed by atoms with Crippen LogP contribution in [0, 0.1) is 0 Å². The van der Waals surface area contributed by atoms with Gasteiger partial charge < -0.3 is 25.8 Å². The summed E-state index contributed by atoms with van der Waals surface area (Å²) in [6.45, 7) is 0.0145. The zero-order valence-corrected chi connectivity index (χ0v) is 7.77. The molecular formula is C9H13NO4. The van der Waals surface area contributed by atoms with Gasteiger partial charge in [-0.1, -0.05) is 0 Å². The van der Waals surface area contributed by atoms with E-state index < -0.39 is 11.9 Å². The van der Waals surface area contributed by atoms with Crippen LogP contribution < -0.4 is 10.5 Å². The van der Waals surface area contributed by atoms with E-state index in [1.54, 1.807) is 0 Å². The van der Waals surface area contributed by atoms with Crippen molar-refractivity contribution in [3.63, 3.8) is 0 Å². The van der Waals surface area contributed by atoms with Gasteiger partial charge in [-0.3, -0.25) is 0 Å². The lowest BCUT2D eigenvalue weighted by atomic mass is 10.1. The van der Waals surface area contributed by atoms with Gasteiger partial charge in [-0.15, -0.1) is 0 Å². The van der Waals surface area contributed by atoms with Crippen LogP contribution in [0.3, 0.4) is 0 Å². The van der Waals surface area contributed by atoms with Crippen molar-refractivity contribution < 1.29 is 20.1 Å². The fourth-order valence-electron chi connectivity index (χ4n) is 1.18. The van der Waals surface area contributed by atoms with E-state index in [4.69, 9.17) is 15.6 Å². The highest BCUT2D eigenvalue weighted by Gasteiger charge is 2.17. The first-order chi connectivity index (χ1) is 6.61. The maximum Gasteiger partial charge on any atom is 0.200 e. The number of aliphatic hydroxyl groups is 1. The Balaban J connectivity index is 3.23. The molecule has 1 atom stereocenters. The van der Waals surface area contributed by atoms with Crippen molar-refractivity contribution in [2.45, 2.75) is 6.10 Å². The van der Waals surface area contributed by atoms with Crippen LogP contribution in [0.2, 0.25) is 0 Å². The number of benzene rings is 1. The molecule has 0 heterocycles. The number of methoxy groups -OCH3 is 1. The summed E-state index contributed by atoms with van der Waals surface area (Å²) in [6.07, 6.45) is -0.920. The molecule has 0 amide bonds. The summed E-state index contributed by atoms with van der Waals surface area (Å²) >= 11 is 0. The van der Waals surface area contributed by atoms with Gasteiger partial charge in [-0.05, 0) is 12.1 Å². The first-order valence-electron chi connectivity index (χ1n) is 4.08. The average Bonchev–Trinajstić information content (AvgIpc) is 2.20. The van der Waals surface area contributed by atoms with E-state index in [1.165, 1.54) is 19.2 Å². The Morgan fingerprint density at radius 3 is 2.57 bits per heavy atom. The minimum atomic E-state index is -0.920. The lowest BCUT2D eigenvalue weighted by Gasteiger charge is -2.14. The predicted molar refractivity (Wildman–Crippen MR) is 50.3 cm³/mol. The molecule has 78 valence electrons. The summed E-state index contributed by atoms with van der Waals surface area (Å²) in [5.74, 6) is -0.643. The summed E-state index contributed by atoms with van der Waals surface area (Å²) in [4.78, 5) is 0. The minimum absolute atomic E-state index is 0.0145. The molecule has 1 aromatic rings. The number of rotatable bonds is 3. The van der Waals surface area contributed by atoms with Gasteiger partial charge in [0.05, 0.1) is 13.2 Å². The van der Waals surface area contributed by atoms with Crippen LogP contribution in [0.4, 0.5) is 0 Å². The quantitative estimate of drug-likeness (QED) is 0.518. The highest BCUT2D eigenvalue weighted by molar-refractivity contribution is 5.54. The maximum absolute atomic E-state index is 9.46. The first-order valence-corrected chi connectivity index (χ1v) is 4.08. The Morgan fingerprint density at radius 1 is 1.43 bits per heavy atom. The number of nitrogens with two attached hydrogens (primary N) is 1. The van der Waals surface area contributed by atoms with E-state index in [9.17, 15) is 10.2 Å². The smallest absolute Gasteiger partial charge is 0.200 e. The Morgan fingerprint density at radius 2 is 2.07 bits per heavy atom. The van der Waals surface area contributed by atoms with Gasteiger partial charge in [-0.2, -0.15) is 0 Å². The SMILES string of the molecule is COc1c([C@@H](O)CN)ccc(O)c1O. The monoisotopic (exact) mass is 199 g/mol. The summed E-state index contributed by atoms with van der Waals surface area (Å²) in [7, 11) is 1.33. The summed E-state index contributed by atoms with van der Waals surface area (Å²) < 4.78 is 4.85. The second kappa shape index (κ2) is 4.17. The molecule has 1 rings (SSSR count). The number of hydrogen-bond donors (Lipinski definition) is 4. The Bertz CT molecular complexity index is 327. The van der Waals surface area contributed by atoms with E-state index in [0.717, 1.165) is 0 Å². The predicted octanol–water partition coefficient (Wildman–Crippen LogP) is 0.0985. The maximum atomic E-state index is 9.46. The van der Waals surface area contributed by atoms with Crippen LogP contribution in [0.15, 0.2) is 12.1 Å². The second-order valence-electron chi connectivity index (χ2n) is 2.81. The molecule has 0 bridgehead atoms. The molecule has 1 aromatic carbocycles. The molecule has 0 aromatic heterocycles. The lowest BCUT2D eigenvalue weighted by molar-refractivity contribution is 0.180. The molecule has 5 N–H and O–H groups in total. The molecule has 0 aliphatic heterocycles. The second-order valence-corrected chi connectivity index (χ2v) is 2.81. The first kappa shape index (κ1) is 10.6. The molecule has 0 saturated heterocycles. The molecule has 14 heavy (non-hydrogen) atoms. The number of phenols is 2. The summed E-state index contributed by atoms with van der Waals surface area (Å²) in [6, 6.07) is 2.72. The van der Waals surface area contributed by atoms with Crippen molar-refractivity contribution >= 4 is 0 Å². The number of ether oxygens (including phenoxy) is 1. The van der Waals surface area contributed by atoms with E-state index in [1.807, 2.05) is 0 Å². The number of aromatic hydroxyl groups is 2. The van der Waals surface area contributed by atoms with Crippen LogP contribution in [0.1, 0.15) is 11.7 Å². The van der Waals surface area contributed by atoms with Crippen LogP contribution in [-0.4, -0.2) is 29.0 Å². The molecular weight excluding hydrogens is 186 g/mol. The van der Waals surface area contributed by atoms with Gasteiger partial charge in [-0.25, -0.2) is 0 Å². The zero-order chi connectivity index (χ0) is 10.7. The van der Waals surface area contributed by atoms with E-state index in [0.29, 0.717) is 5.56 Å². The van der Waals surface area contributed by atoms with Crippen LogP contribution >= 0.6 is 0 Å². The van der Waals surface area contributed by atoms with Crippen molar-refractivity contribution in [3.8, 4) is 17.2 Å². The fraction of sp³-hybridized carbons (Fsp3) is 0.333. The molecule has 5 heteroatoms. The normalized spacial score (nSPS) is 12.5. The third kappa shape index (κ3) is 1.73. The molecule has 0 aliphatic carbocycles. The third-order valence-electron chi connectivity index (χ3n) is 1.93. The summed E-state index contributed by atoms with van der Waals surface area (Å²) in [5.41, 5.74) is 5.62. The highest BCUT2D eigenvalue weighted by Crippen LogP contribution is 2.40. The molecule has 0 aliphatic rings. The van der Waals surface area contributed by atoms with Gasteiger partial charge in [0, 0.05) is 12.1 Å². The van der Waals surface area contributed by atoms with Crippen molar-refractivity contribution in [2.75, 3.05) is 13.7 Å². The largest absolute Gasteiger partial charge is 0.504 e. The molecule has 0 radical (unpaired) electrons. The van der Waals surface area contributed by atoms with Crippen molar-refractivity contribution in [1.82, 2.24) is 0 Å². The van der Waals surface area contributed by atoms with E-state index in [-0.39, 0.29) is 18.0 Å². The van der Waals surface area contributed by atoms with Crippen molar-refractivity contribution in [3.05, 3.63) is 17.7 Å². The third-order valence-corrected chi connectivity index (χ3v) is 1.93. The van der Waals surface area contributed by atoms with Gasteiger partial charge >= 0.3 is 0 Å². The number of aliphatic hydroxyl groups excluding tert-OH is 1. The van der Waals surface area contributed by atoms with E-state index in [2.05, 4.69) is 0 Å². The topological polar surface area (TPSA) is 95.9 Å². The Kier molecular flexibility index (Phi) is 3.16. The summed E-state index contributed by atoms with van der Waals surface area (Å²) in [5, 5.41) is 28.0. The fourth-order valence-corrected chi connectivity index (χ4v) is 1.18. The van der Waals surface area contributed by atoms with Gasteiger partial charge in [0.15, 0.2) is 11.5 Å². The van der Waals surface area contributed by atoms with Crippen molar-refractivity contribution in [1.29, 1.82) is 0 Å². The van der Waals surface area contributed by atoms with Crippen LogP contribution in [-0.2, 0) is 0 Å². The van der Waals surface area contributed by atoms with E-state index >= 15 is 0 Å². The van der Waals surface area contributed by atoms with Crippen LogP contribution in [0.25, 0.3) is 0 Å². The number of hydrogen-bond acceptors (Lipinski definition) is 5. The average molecular weight is 199 g/mol. The van der Waals surface area contributed by atoms with Crippen molar-refractivity contribution in [2.24, 2.45) is 5.73 Å². The molecule has 0 saturated carbocycles. The minimum Gasteiger partial charge on any atom is -0.504 e. The molecule has 0 fully saturated rings. The standard InChI is InChI=1S/C9H13NO4/c1-14-9-5(7(12)4-10)2-3-6(11)8(9)13/h2-3,7,11-13H,4,10H2,1H3/t7-/m0/s1. The Labute approximate surface area is 81.4 Å². The zero-order valence-electron chi connectivity index (χ0n) is 7.77.